The van der Waals surface area contributed by atoms with Gasteiger partial charge in [-0.3, -0.25) is 4.90 Å². The van der Waals surface area contributed by atoms with E-state index in [1.165, 1.54) is 0 Å². The lowest BCUT2D eigenvalue weighted by atomic mass is 10.1. The zero-order valence-electron chi connectivity index (χ0n) is 19.8. The van der Waals surface area contributed by atoms with E-state index in [0.29, 0.717) is 37.7 Å². The third-order valence-corrected chi connectivity index (χ3v) is 5.69. The molecule has 0 spiro atoms. The van der Waals surface area contributed by atoms with Crippen LogP contribution in [0.2, 0.25) is 0 Å². The van der Waals surface area contributed by atoms with Crippen molar-refractivity contribution in [1.29, 1.82) is 0 Å². The molecule has 0 bridgehead atoms. The number of aliphatic hydroxyl groups is 1. The smallest absolute Gasteiger partial charge is 0.222 e. The SMILES string of the molecule is CCC(O)CN(Cc1ccco1)Cc1c(-c2ccccc2)nn(C)c1Oc1ccc(OC)cc1. The van der Waals surface area contributed by atoms with E-state index >= 15 is 0 Å². The Kier molecular flexibility index (Phi) is 7.67. The van der Waals surface area contributed by atoms with Crippen LogP contribution in [0, 0.1) is 0 Å². The van der Waals surface area contributed by atoms with Crippen LogP contribution >= 0.6 is 0 Å². The van der Waals surface area contributed by atoms with Crippen LogP contribution in [0.1, 0.15) is 24.7 Å². The molecule has 1 N–H and O–H groups in total. The molecule has 34 heavy (non-hydrogen) atoms. The van der Waals surface area contributed by atoms with Gasteiger partial charge in [0.1, 0.15) is 23.0 Å². The Balaban J connectivity index is 1.72. The number of benzene rings is 2. The van der Waals surface area contributed by atoms with E-state index in [4.69, 9.17) is 19.0 Å². The van der Waals surface area contributed by atoms with Crippen molar-refractivity contribution in [2.75, 3.05) is 13.7 Å². The van der Waals surface area contributed by atoms with E-state index in [0.717, 1.165) is 28.3 Å². The largest absolute Gasteiger partial charge is 0.497 e. The molecule has 1 atom stereocenters. The summed E-state index contributed by atoms with van der Waals surface area (Å²) in [6.45, 7) is 3.58. The first-order valence-electron chi connectivity index (χ1n) is 11.4. The summed E-state index contributed by atoms with van der Waals surface area (Å²) in [6, 6.07) is 21.4. The van der Waals surface area contributed by atoms with Crippen molar-refractivity contribution in [3.05, 3.63) is 84.3 Å². The number of rotatable bonds is 11. The highest BCUT2D eigenvalue weighted by molar-refractivity contribution is 5.65. The minimum Gasteiger partial charge on any atom is -0.497 e. The highest BCUT2D eigenvalue weighted by Gasteiger charge is 2.23. The number of hydrogen-bond donors (Lipinski definition) is 1. The third kappa shape index (κ3) is 5.68. The third-order valence-electron chi connectivity index (χ3n) is 5.69. The minimum absolute atomic E-state index is 0.447. The standard InChI is InChI=1S/C27H31N3O4/c1-4-21(31)17-30(18-24-11-8-16-33-24)19-25-26(20-9-6-5-7-10-20)28-29(2)27(25)34-23-14-12-22(32-3)13-15-23/h5-16,21,31H,4,17-19H2,1-3H3. The first-order valence-corrected chi connectivity index (χ1v) is 11.4. The summed E-state index contributed by atoms with van der Waals surface area (Å²) >= 11 is 0. The van der Waals surface area contributed by atoms with Gasteiger partial charge in [0.25, 0.3) is 0 Å². The van der Waals surface area contributed by atoms with Crippen LogP contribution in [0.25, 0.3) is 11.3 Å². The van der Waals surface area contributed by atoms with Gasteiger partial charge in [0.05, 0.1) is 31.6 Å². The fraction of sp³-hybridized carbons (Fsp3) is 0.296. The second-order valence-corrected chi connectivity index (χ2v) is 8.21. The van der Waals surface area contributed by atoms with Gasteiger partial charge in [-0.1, -0.05) is 37.3 Å². The predicted octanol–water partition coefficient (Wildman–Crippen LogP) is 5.25. The first kappa shape index (κ1) is 23.6. The number of aliphatic hydroxyl groups excluding tert-OH is 1. The lowest BCUT2D eigenvalue weighted by Gasteiger charge is -2.24. The second-order valence-electron chi connectivity index (χ2n) is 8.21. The van der Waals surface area contributed by atoms with Crippen molar-refractivity contribution in [2.24, 2.45) is 7.05 Å². The zero-order valence-corrected chi connectivity index (χ0v) is 19.8. The number of hydrogen-bond acceptors (Lipinski definition) is 6. The Morgan fingerprint density at radius 2 is 1.74 bits per heavy atom. The van der Waals surface area contributed by atoms with Crippen LogP contribution in [0.4, 0.5) is 0 Å². The molecule has 0 fully saturated rings. The summed E-state index contributed by atoms with van der Waals surface area (Å²) in [6.07, 6.45) is 1.89. The molecule has 0 aliphatic carbocycles. The number of ether oxygens (including phenoxy) is 2. The van der Waals surface area contributed by atoms with Crippen molar-refractivity contribution < 1.29 is 19.0 Å². The monoisotopic (exact) mass is 461 g/mol. The summed E-state index contributed by atoms with van der Waals surface area (Å²) in [4.78, 5) is 2.16. The van der Waals surface area contributed by atoms with Crippen molar-refractivity contribution >= 4 is 0 Å². The molecule has 0 aliphatic rings. The van der Waals surface area contributed by atoms with E-state index in [2.05, 4.69) is 4.90 Å². The van der Waals surface area contributed by atoms with Crippen LogP contribution in [-0.4, -0.2) is 39.5 Å². The van der Waals surface area contributed by atoms with Gasteiger partial charge in [-0.2, -0.15) is 5.10 Å². The molecule has 0 radical (unpaired) electrons. The molecule has 178 valence electrons. The molecular weight excluding hydrogens is 430 g/mol. The second kappa shape index (κ2) is 11.0. The maximum Gasteiger partial charge on any atom is 0.222 e. The summed E-state index contributed by atoms with van der Waals surface area (Å²) in [5, 5.41) is 15.3. The molecule has 0 saturated carbocycles. The Hall–Kier alpha value is -3.55. The number of aryl methyl sites for hydroxylation is 1. The van der Waals surface area contributed by atoms with Crippen LogP contribution in [0.3, 0.4) is 0 Å². The summed E-state index contributed by atoms with van der Waals surface area (Å²) in [7, 11) is 3.52. The fourth-order valence-electron chi connectivity index (χ4n) is 3.86. The molecular formula is C27H31N3O4. The summed E-state index contributed by atoms with van der Waals surface area (Å²) < 4.78 is 19.0. The van der Waals surface area contributed by atoms with E-state index in [-0.39, 0.29) is 0 Å². The highest BCUT2D eigenvalue weighted by atomic mass is 16.5. The van der Waals surface area contributed by atoms with Gasteiger partial charge < -0.3 is 19.0 Å². The fourth-order valence-corrected chi connectivity index (χ4v) is 3.86. The molecule has 4 rings (SSSR count). The Morgan fingerprint density at radius 3 is 2.38 bits per heavy atom. The van der Waals surface area contributed by atoms with Crippen molar-refractivity contribution in [2.45, 2.75) is 32.5 Å². The average Bonchev–Trinajstić information content (AvgIpc) is 3.48. The van der Waals surface area contributed by atoms with Gasteiger partial charge in [-0.25, -0.2) is 4.68 Å². The van der Waals surface area contributed by atoms with Gasteiger partial charge in [-0.15, -0.1) is 0 Å². The number of furan rings is 1. The summed E-state index contributed by atoms with van der Waals surface area (Å²) in [5.41, 5.74) is 2.80. The van der Waals surface area contributed by atoms with Gasteiger partial charge in [0.15, 0.2) is 0 Å². The van der Waals surface area contributed by atoms with Gasteiger partial charge in [0, 0.05) is 25.7 Å². The van der Waals surface area contributed by atoms with Crippen molar-refractivity contribution in [3.63, 3.8) is 0 Å². The normalized spacial score (nSPS) is 12.1. The molecule has 0 amide bonds. The van der Waals surface area contributed by atoms with E-state index in [1.807, 2.05) is 80.7 Å². The molecule has 0 saturated heterocycles. The molecule has 2 heterocycles. The molecule has 1 unspecified atom stereocenters. The predicted molar refractivity (Wildman–Crippen MR) is 131 cm³/mol. The Labute approximate surface area is 200 Å². The lowest BCUT2D eigenvalue weighted by Crippen LogP contribution is -2.31. The van der Waals surface area contributed by atoms with E-state index < -0.39 is 6.10 Å². The highest BCUT2D eigenvalue weighted by Crippen LogP contribution is 2.35. The van der Waals surface area contributed by atoms with Crippen LogP contribution in [-0.2, 0) is 20.1 Å². The van der Waals surface area contributed by atoms with Gasteiger partial charge >= 0.3 is 0 Å². The quantitative estimate of drug-likeness (QED) is 0.329. The zero-order chi connectivity index (χ0) is 23.9. The van der Waals surface area contributed by atoms with Crippen molar-refractivity contribution in [1.82, 2.24) is 14.7 Å². The molecule has 2 aromatic heterocycles. The van der Waals surface area contributed by atoms with Gasteiger partial charge in [0.2, 0.25) is 5.88 Å². The Morgan fingerprint density at radius 1 is 1.00 bits per heavy atom. The Bertz CT molecular complexity index is 1150. The maximum absolute atomic E-state index is 10.4. The summed E-state index contributed by atoms with van der Waals surface area (Å²) in [5.74, 6) is 2.95. The minimum atomic E-state index is -0.447. The van der Waals surface area contributed by atoms with E-state index in [9.17, 15) is 5.11 Å². The average molecular weight is 462 g/mol. The molecule has 0 aliphatic heterocycles. The topological polar surface area (TPSA) is 72.9 Å². The van der Waals surface area contributed by atoms with Crippen LogP contribution < -0.4 is 9.47 Å². The number of methoxy groups -OCH3 is 1. The maximum atomic E-state index is 10.4. The molecule has 7 heteroatoms. The van der Waals surface area contributed by atoms with Gasteiger partial charge in [-0.05, 0) is 42.8 Å². The van der Waals surface area contributed by atoms with Crippen LogP contribution in [0.15, 0.2) is 77.4 Å². The lowest BCUT2D eigenvalue weighted by molar-refractivity contribution is 0.0970. The number of aromatic nitrogens is 2. The van der Waals surface area contributed by atoms with Crippen molar-refractivity contribution in [3.8, 4) is 28.6 Å². The molecule has 7 nitrogen and oxygen atoms in total. The number of nitrogens with zero attached hydrogens (tertiary/aromatic N) is 3. The molecule has 4 aromatic rings. The van der Waals surface area contributed by atoms with Crippen LogP contribution in [0.5, 0.6) is 17.4 Å². The first-order chi connectivity index (χ1) is 16.6. The van der Waals surface area contributed by atoms with E-state index in [1.54, 1.807) is 18.1 Å². The molecule has 2 aromatic carbocycles.